The van der Waals surface area contributed by atoms with Gasteiger partial charge in [-0.25, -0.2) is 0 Å². The summed E-state index contributed by atoms with van der Waals surface area (Å²) in [4.78, 5) is 0. The van der Waals surface area contributed by atoms with Gasteiger partial charge in [0.05, 0.1) is 12.2 Å². The molecular weight excluding hydrogens is 128 g/mol. The van der Waals surface area contributed by atoms with E-state index in [9.17, 15) is 0 Å². The number of hydrogen-bond donors (Lipinski definition) is 2. The fourth-order valence-electron chi connectivity index (χ4n) is 1.57. The Morgan fingerprint density at radius 2 is 2.30 bits per heavy atom. The van der Waals surface area contributed by atoms with Crippen LogP contribution >= 0.6 is 0 Å². The lowest BCUT2D eigenvalue weighted by Gasteiger charge is -2.46. The summed E-state index contributed by atoms with van der Waals surface area (Å²) in [7, 11) is 0. The Kier molecular flexibility index (Phi) is 1.44. The highest BCUT2D eigenvalue weighted by Gasteiger charge is 2.40. The van der Waals surface area contributed by atoms with E-state index in [1.54, 1.807) is 0 Å². The van der Waals surface area contributed by atoms with Crippen molar-refractivity contribution in [3.8, 4) is 0 Å². The first-order valence-electron chi connectivity index (χ1n) is 3.91. The molecule has 2 aliphatic heterocycles. The second kappa shape index (κ2) is 2.19. The van der Waals surface area contributed by atoms with E-state index < -0.39 is 0 Å². The van der Waals surface area contributed by atoms with Crippen molar-refractivity contribution in [1.82, 2.24) is 5.32 Å². The van der Waals surface area contributed by atoms with Gasteiger partial charge in [-0.1, -0.05) is 0 Å². The molecule has 0 amide bonds. The maximum atomic E-state index is 5.69. The third-order valence-electron chi connectivity index (χ3n) is 2.47. The van der Waals surface area contributed by atoms with Crippen LogP contribution in [0.25, 0.3) is 0 Å². The van der Waals surface area contributed by atoms with E-state index in [0.29, 0.717) is 0 Å². The van der Waals surface area contributed by atoms with E-state index in [4.69, 9.17) is 10.5 Å². The van der Waals surface area contributed by atoms with Crippen molar-refractivity contribution in [2.75, 3.05) is 19.7 Å². The van der Waals surface area contributed by atoms with Crippen LogP contribution in [0, 0.1) is 0 Å². The molecule has 0 aromatic heterocycles. The highest BCUT2D eigenvalue weighted by molar-refractivity contribution is 4.97. The number of ether oxygens (including phenoxy) is 1. The van der Waals surface area contributed by atoms with Gasteiger partial charge in [0.25, 0.3) is 0 Å². The summed E-state index contributed by atoms with van der Waals surface area (Å²) in [6.45, 7) is 2.81. The van der Waals surface area contributed by atoms with E-state index in [2.05, 4.69) is 5.32 Å². The lowest BCUT2D eigenvalue weighted by Crippen LogP contribution is -2.64. The second-order valence-corrected chi connectivity index (χ2v) is 3.40. The summed E-state index contributed by atoms with van der Waals surface area (Å²) in [6.07, 6.45) is 2.27. The molecule has 1 unspecified atom stereocenters. The van der Waals surface area contributed by atoms with Crippen molar-refractivity contribution in [2.24, 2.45) is 5.73 Å². The van der Waals surface area contributed by atoms with E-state index in [0.717, 1.165) is 32.5 Å². The third kappa shape index (κ3) is 0.944. The van der Waals surface area contributed by atoms with Gasteiger partial charge in [0.2, 0.25) is 0 Å². The van der Waals surface area contributed by atoms with Crippen molar-refractivity contribution in [3.05, 3.63) is 0 Å². The van der Waals surface area contributed by atoms with Crippen LogP contribution in [0.2, 0.25) is 0 Å². The Morgan fingerprint density at radius 1 is 1.50 bits per heavy atom. The molecule has 58 valence electrons. The fourth-order valence-corrected chi connectivity index (χ4v) is 1.57. The van der Waals surface area contributed by atoms with Crippen LogP contribution < -0.4 is 11.1 Å². The van der Waals surface area contributed by atoms with Crippen LogP contribution in [-0.4, -0.2) is 31.3 Å². The molecule has 0 saturated carbocycles. The average molecular weight is 142 g/mol. The van der Waals surface area contributed by atoms with Gasteiger partial charge in [0, 0.05) is 19.1 Å². The quantitative estimate of drug-likeness (QED) is 0.478. The zero-order valence-electron chi connectivity index (χ0n) is 6.10. The molecule has 0 radical (unpaired) electrons. The van der Waals surface area contributed by atoms with Gasteiger partial charge in [-0.05, 0) is 12.8 Å². The molecule has 0 bridgehead atoms. The number of hydrogen-bond acceptors (Lipinski definition) is 3. The zero-order chi connectivity index (χ0) is 7.03. The van der Waals surface area contributed by atoms with Gasteiger partial charge in [-0.15, -0.1) is 0 Å². The van der Waals surface area contributed by atoms with Crippen LogP contribution in [0.4, 0.5) is 0 Å². The van der Waals surface area contributed by atoms with Crippen molar-refractivity contribution in [2.45, 2.75) is 24.5 Å². The molecule has 0 aromatic carbocycles. The second-order valence-electron chi connectivity index (χ2n) is 3.40. The van der Waals surface area contributed by atoms with E-state index >= 15 is 0 Å². The lowest BCUT2D eigenvalue weighted by molar-refractivity contribution is -0.115. The molecule has 3 heteroatoms. The predicted octanol–water partition coefficient (Wildman–Crippen LogP) is -0.534. The Hall–Kier alpha value is -0.120. The molecule has 3 nitrogen and oxygen atoms in total. The summed E-state index contributed by atoms with van der Waals surface area (Å²) in [5.41, 5.74) is 5.88. The largest absolute Gasteiger partial charge is 0.371 e. The number of nitrogens with two attached hydrogens (primary N) is 1. The van der Waals surface area contributed by atoms with Gasteiger partial charge in [-0.3, -0.25) is 0 Å². The third-order valence-corrected chi connectivity index (χ3v) is 2.47. The van der Waals surface area contributed by atoms with Crippen LogP contribution in [0.5, 0.6) is 0 Å². The van der Waals surface area contributed by atoms with Crippen LogP contribution in [-0.2, 0) is 4.74 Å². The van der Waals surface area contributed by atoms with Crippen molar-refractivity contribution >= 4 is 0 Å². The normalized spacial score (nSPS) is 37.5. The summed E-state index contributed by atoms with van der Waals surface area (Å²) in [6, 6.07) is 0.284. The topological polar surface area (TPSA) is 47.3 Å². The van der Waals surface area contributed by atoms with Crippen LogP contribution in [0.3, 0.4) is 0 Å². The molecule has 1 atom stereocenters. The zero-order valence-corrected chi connectivity index (χ0v) is 6.10. The van der Waals surface area contributed by atoms with Crippen molar-refractivity contribution < 1.29 is 4.74 Å². The maximum absolute atomic E-state index is 5.69. The molecule has 0 aromatic rings. The lowest BCUT2D eigenvalue weighted by atomic mass is 9.87. The summed E-state index contributed by atoms with van der Waals surface area (Å²) in [5, 5.41) is 3.22. The summed E-state index contributed by atoms with van der Waals surface area (Å²) >= 11 is 0. The summed E-state index contributed by atoms with van der Waals surface area (Å²) in [5.74, 6) is 0. The Balaban J connectivity index is 1.90. The van der Waals surface area contributed by atoms with Crippen molar-refractivity contribution in [3.63, 3.8) is 0 Å². The van der Waals surface area contributed by atoms with Crippen LogP contribution in [0.1, 0.15) is 12.8 Å². The minimum atomic E-state index is 0.190. The molecule has 0 aliphatic carbocycles. The first kappa shape index (κ1) is 6.58. The maximum Gasteiger partial charge on any atom is 0.0931 e. The van der Waals surface area contributed by atoms with E-state index in [1.165, 1.54) is 0 Å². The SMILES string of the molecule is NC1CCC2(CNC2)OC1. The molecule has 2 heterocycles. The average Bonchev–Trinajstić information content (AvgIpc) is 1.86. The predicted molar refractivity (Wildman–Crippen MR) is 38.8 cm³/mol. The molecular formula is C7H14N2O. The van der Waals surface area contributed by atoms with E-state index in [-0.39, 0.29) is 11.6 Å². The van der Waals surface area contributed by atoms with Gasteiger partial charge < -0.3 is 15.8 Å². The first-order chi connectivity index (χ1) is 4.81. The standard InChI is InChI=1S/C7H14N2O/c8-6-1-2-7(10-3-6)4-9-5-7/h6,9H,1-5,8H2. The van der Waals surface area contributed by atoms with Crippen LogP contribution in [0.15, 0.2) is 0 Å². The van der Waals surface area contributed by atoms with Gasteiger partial charge >= 0.3 is 0 Å². The van der Waals surface area contributed by atoms with Gasteiger partial charge in [0.1, 0.15) is 0 Å². The van der Waals surface area contributed by atoms with Gasteiger partial charge in [-0.2, -0.15) is 0 Å². The molecule has 2 aliphatic rings. The highest BCUT2D eigenvalue weighted by atomic mass is 16.5. The smallest absolute Gasteiger partial charge is 0.0931 e. The Bertz CT molecular complexity index is 124. The molecule has 1 spiro atoms. The van der Waals surface area contributed by atoms with Gasteiger partial charge in [0.15, 0.2) is 0 Å². The highest BCUT2D eigenvalue weighted by Crippen LogP contribution is 2.27. The monoisotopic (exact) mass is 142 g/mol. The molecule has 2 fully saturated rings. The molecule has 10 heavy (non-hydrogen) atoms. The fraction of sp³-hybridized carbons (Fsp3) is 1.00. The first-order valence-corrected chi connectivity index (χ1v) is 3.91. The summed E-state index contributed by atoms with van der Waals surface area (Å²) < 4.78 is 5.63. The number of nitrogens with one attached hydrogen (secondary N) is 1. The molecule has 2 rings (SSSR count). The Labute approximate surface area is 60.9 Å². The molecule has 2 saturated heterocycles. The number of rotatable bonds is 0. The van der Waals surface area contributed by atoms with E-state index in [1.807, 2.05) is 0 Å². The molecule has 3 N–H and O–H groups in total. The minimum Gasteiger partial charge on any atom is -0.371 e. The Morgan fingerprint density at radius 3 is 2.70 bits per heavy atom. The van der Waals surface area contributed by atoms with Crippen molar-refractivity contribution in [1.29, 1.82) is 0 Å². The minimum absolute atomic E-state index is 0.190.